The van der Waals surface area contributed by atoms with Crippen LogP contribution in [-0.4, -0.2) is 4.98 Å². The molecule has 2 heteroatoms. The van der Waals surface area contributed by atoms with Crippen LogP contribution < -0.4 is 0 Å². The summed E-state index contributed by atoms with van der Waals surface area (Å²) in [5, 5.41) is 2.31. The molecular formula is C18H13NO. The highest BCUT2D eigenvalue weighted by molar-refractivity contribution is 6.06. The monoisotopic (exact) mass is 259 g/mol. The first-order valence-electron chi connectivity index (χ1n) is 6.65. The number of para-hydroxylation sites is 1. The number of fused-ring (bicyclic) bond motifs is 3. The minimum Gasteiger partial charge on any atom is -0.456 e. The lowest BCUT2D eigenvalue weighted by molar-refractivity contribution is 0.669. The van der Waals surface area contributed by atoms with Gasteiger partial charge in [-0.25, -0.2) is 0 Å². The van der Waals surface area contributed by atoms with Crippen molar-refractivity contribution < 1.29 is 4.42 Å². The van der Waals surface area contributed by atoms with Crippen LogP contribution in [0.1, 0.15) is 5.69 Å². The fraction of sp³-hybridized carbons (Fsp3) is 0.0556. The molecule has 0 radical (unpaired) electrons. The van der Waals surface area contributed by atoms with Crippen LogP contribution in [0.4, 0.5) is 0 Å². The van der Waals surface area contributed by atoms with Gasteiger partial charge in [-0.05, 0) is 36.8 Å². The average Bonchev–Trinajstić information content (AvgIpc) is 2.86. The molecule has 4 rings (SSSR count). The molecule has 2 nitrogen and oxygen atoms in total. The number of aromatic nitrogens is 1. The van der Waals surface area contributed by atoms with Crippen LogP contribution in [0.5, 0.6) is 0 Å². The Balaban J connectivity index is 1.97. The Hall–Kier alpha value is -2.61. The molecule has 0 fully saturated rings. The molecule has 0 aliphatic heterocycles. The first-order chi connectivity index (χ1) is 9.81. The van der Waals surface area contributed by atoms with Crippen molar-refractivity contribution in [2.24, 2.45) is 0 Å². The van der Waals surface area contributed by atoms with Gasteiger partial charge in [0.2, 0.25) is 0 Å². The molecule has 2 aromatic carbocycles. The fourth-order valence-corrected chi connectivity index (χ4v) is 2.54. The standard InChI is InChI=1S/C18H13NO/c1-12-6-7-14(11-19-12)13-8-9-18-16(10-13)15-4-2-3-5-17(15)20-18/h2-11H,1H3. The number of hydrogen-bond donors (Lipinski definition) is 0. The van der Waals surface area contributed by atoms with Gasteiger partial charge in [0.05, 0.1) is 0 Å². The van der Waals surface area contributed by atoms with Crippen LogP contribution in [0.25, 0.3) is 33.1 Å². The Morgan fingerprint density at radius 3 is 2.45 bits per heavy atom. The number of aryl methyl sites for hydroxylation is 1. The normalized spacial score (nSPS) is 11.2. The minimum atomic E-state index is 0.926. The van der Waals surface area contributed by atoms with Crippen molar-refractivity contribution in [3.8, 4) is 11.1 Å². The predicted molar refractivity (Wildman–Crippen MR) is 81.7 cm³/mol. The molecule has 0 amide bonds. The second-order valence-corrected chi connectivity index (χ2v) is 5.00. The van der Waals surface area contributed by atoms with E-state index in [0.717, 1.165) is 38.8 Å². The molecule has 2 aromatic heterocycles. The molecule has 0 atom stereocenters. The van der Waals surface area contributed by atoms with Crippen LogP contribution in [0.2, 0.25) is 0 Å². The van der Waals surface area contributed by atoms with E-state index in [0.29, 0.717) is 0 Å². The van der Waals surface area contributed by atoms with Gasteiger partial charge in [0.1, 0.15) is 11.2 Å². The summed E-state index contributed by atoms with van der Waals surface area (Å²) in [5.41, 5.74) is 5.18. The lowest BCUT2D eigenvalue weighted by atomic mass is 10.0. The zero-order valence-corrected chi connectivity index (χ0v) is 11.1. The summed E-state index contributed by atoms with van der Waals surface area (Å²) in [6, 6.07) is 18.6. The molecule has 0 aliphatic carbocycles. The predicted octanol–water partition coefficient (Wildman–Crippen LogP) is 4.96. The Labute approximate surface area is 116 Å². The van der Waals surface area contributed by atoms with E-state index in [9.17, 15) is 0 Å². The van der Waals surface area contributed by atoms with Gasteiger partial charge in [-0.15, -0.1) is 0 Å². The van der Waals surface area contributed by atoms with Gasteiger partial charge < -0.3 is 4.42 Å². The molecule has 96 valence electrons. The number of nitrogens with zero attached hydrogens (tertiary/aromatic N) is 1. The number of furan rings is 1. The number of benzene rings is 2. The van der Waals surface area contributed by atoms with Crippen LogP contribution in [-0.2, 0) is 0 Å². The third kappa shape index (κ3) is 1.69. The van der Waals surface area contributed by atoms with Crippen molar-refractivity contribution >= 4 is 21.9 Å². The molecule has 0 bridgehead atoms. The van der Waals surface area contributed by atoms with Gasteiger partial charge in [-0.3, -0.25) is 4.98 Å². The molecular weight excluding hydrogens is 246 g/mol. The van der Waals surface area contributed by atoms with Crippen molar-refractivity contribution in [2.45, 2.75) is 6.92 Å². The van der Waals surface area contributed by atoms with E-state index in [4.69, 9.17) is 4.42 Å². The van der Waals surface area contributed by atoms with E-state index < -0.39 is 0 Å². The Bertz CT molecular complexity index is 904. The highest BCUT2D eigenvalue weighted by atomic mass is 16.3. The van der Waals surface area contributed by atoms with Crippen molar-refractivity contribution in [1.82, 2.24) is 4.98 Å². The molecule has 0 unspecified atom stereocenters. The summed E-state index contributed by atoms with van der Waals surface area (Å²) in [4.78, 5) is 4.36. The van der Waals surface area contributed by atoms with Crippen LogP contribution in [0.3, 0.4) is 0 Å². The topological polar surface area (TPSA) is 26.0 Å². The van der Waals surface area contributed by atoms with Gasteiger partial charge in [0.25, 0.3) is 0 Å². The first kappa shape index (κ1) is 11.2. The van der Waals surface area contributed by atoms with E-state index >= 15 is 0 Å². The molecule has 0 spiro atoms. The summed E-state index contributed by atoms with van der Waals surface area (Å²) in [6.45, 7) is 2.00. The highest BCUT2D eigenvalue weighted by Crippen LogP contribution is 2.31. The number of rotatable bonds is 1. The third-order valence-electron chi connectivity index (χ3n) is 3.62. The maximum Gasteiger partial charge on any atom is 0.135 e. The van der Waals surface area contributed by atoms with Gasteiger partial charge in [0, 0.05) is 28.2 Å². The van der Waals surface area contributed by atoms with Crippen LogP contribution >= 0.6 is 0 Å². The first-order valence-corrected chi connectivity index (χ1v) is 6.65. The Kier molecular flexibility index (Phi) is 2.36. The number of pyridine rings is 1. The molecule has 4 aromatic rings. The summed E-state index contributed by atoms with van der Waals surface area (Å²) < 4.78 is 5.85. The SMILES string of the molecule is Cc1ccc(-c2ccc3oc4ccccc4c3c2)cn1. The van der Waals surface area contributed by atoms with Gasteiger partial charge >= 0.3 is 0 Å². The Morgan fingerprint density at radius 2 is 1.60 bits per heavy atom. The zero-order chi connectivity index (χ0) is 13.5. The van der Waals surface area contributed by atoms with Crippen molar-refractivity contribution in [3.63, 3.8) is 0 Å². The quantitative estimate of drug-likeness (QED) is 0.483. The van der Waals surface area contributed by atoms with Gasteiger partial charge in [-0.2, -0.15) is 0 Å². The zero-order valence-electron chi connectivity index (χ0n) is 11.1. The molecule has 2 heterocycles. The van der Waals surface area contributed by atoms with E-state index in [-0.39, 0.29) is 0 Å². The lowest BCUT2D eigenvalue weighted by Gasteiger charge is -2.01. The Morgan fingerprint density at radius 1 is 0.800 bits per heavy atom. The lowest BCUT2D eigenvalue weighted by Crippen LogP contribution is -1.82. The summed E-state index contributed by atoms with van der Waals surface area (Å²) in [6.07, 6.45) is 1.92. The summed E-state index contributed by atoms with van der Waals surface area (Å²) >= 11 is 0. The molecule has 0 saturated heterocycles. The number of hydrogen-bond acceptors (Lipinski definition) is 2. The van der Waals surface area contributed by atoms with Crippen LogP contribution in [0.15, 0.2) is 65.2 Å². The maximum absolute atomic E-state index is 5.85. The third-order valence-corrected chi connectivity index (χ3v) is 3.62. The smallest absolute Gasteiger partial charge is 0.135 e. The molecule has 0 saturated carbocycles. The molecule has 0 N–H and O–H groups in total. The van der Waals surface area contributed by atoms with Crippen LogP contribution in [0, 0.1) is 6.92 Å². The van der Waals surface area contributed by atoms with Crippen molar-refractivity contribution in [3.05, 3.63) is 66.5 Å². The summed E-state index contributed by atoms with van der Waals surface area (Å²) in [7, 11) is 0. The largest absolute Gasteiger partial charge is 0.456 e. The van der Waals surface area contributed by atoms with Crippen molar-refractivity contribution in [2.75, 3.05) is 0 Å². The molecule has 20 heavy (non-hydrogen) atoms. The maximum atomic E-state index is 5.85. The van der Waals surface area contributed by atoms with Crippen molar-refractivity contribution in [1.29, 1.82) is 0 Å². The van der Waals surface area contributed by atoms with Gasteiger partial charge in [-0.1, -0.05) is 30.3 Å². The van der Waals surface area contributed by atoms with E-state index in [1.807, 2.05) is 43.5 Å². The second-order valence-electron chi connectivity index (χ2n) is 5.00. The van der Waals surface area contributed by atoms with E-state index in [1.54, 1.807) is 0 Å². The fourth-order valence-electron chi connectivity index (χ4n) is 2.54. The second kappa shape index (κ2) is 4.20. The summed E-state index contributed by atoms with van der Waals surface area (Å²) in [5.74, 6) is 0. The van der Waals surface area contributed by atoms with Gasteiger partial charge in [0.15, 0.2) is 0 Å². The average molecular weight is 259 g/mol. The highest BCUT2D eigenvalue weighted by Gasteiger charge is 2.07. The molecule has 0 aliphatic rings. The van der Waals surface area contributed by atoms with E-state index in [2.05, 4.69) is 29.2 Å². The minimum absolute atomic E-state index is 0.926. The van der Waals surface area contributed by atoms with E-state index in [1.165, 1.54) is 0 Å².